The van der Waals surface area contributed by atoms with Gasteiger partial charge < -0.3 is 29.7 Å². The summed E-state index contributed by atoms with van der Waals surface area (Å²) in [5, 5.41) is 5.78. The van der Waals surface area contributed by atoms with E-state index in [0.717, 1.165) is 51.0 Å². The predicted octanol–water partition coefficient (Wildman–Crippen LogP) is 6.98. The molecular weight excluding hydrogens is 645 g/mol. The number of carbonyl (C=O) groups excluding carboxylic acids is 5. The summed E-state index contributed by atoms with van der Waals surface area (Å²) in [7, 11) is 0. The minimum atomic E-state index is -1.00. The second kappa shape index (κ2) is 16.5. The highest BCUT2D eigenvalue weighted by atomic mass is 19.1. The number of amides is 3. The molecule has 1 heterocycles. The van der Waals surface area contributed by atoms with E-state index < -0.39 is 47.7 Å². The molecule has 2 aliphatic carbocycles. The fourth-order valence-corrected chi connectivity index (χ4v) is 7.57. The Bertz CT molecular complexity index is 1390. The number of rotatable bonds is 9. The van der Waals surface area contributed by atoms with Gasteiger partial charge in [-0.2, -0.15) is 0 Å². The molecule has 1 aromatic carbocycles. The van der Waals surface area contributed by atoms with E-state index in [-0.39, 0.29) is 46.9 Å². The van der Waals surface area contributed by atoms with E-state index >= 15 is 4.39 Å². The van der Waals surface area contributed by atoms with Crippen molar-refractivity contribution in [1.82, 2.24) is 10.2 Å². The monoisotopic (exact) mass is 701 g/mol. The summed E-state index contributed by atoms with van der Waals surface area (Å²) < 4.78 is 30.4. The van der Waals surface area contributed by atoms with Crippen LogP contribution in [0.2, 0.25) is 0 Å². The molecular formula is C38H56FN3O8. The highest BCUT2D eigenvalue weighted by Crippen LogP contribution is 2.41. The van der Waals surface area contributed by atoms with Crippen LogP contribution in [0.25, 0.3) is 0 Å². The fraction of sp³-hybridized carbons (Fsp3) is 0.711. The smallest absolute Gasteiger partial charge is 0.407 e. The van der Waals surface area contributed by atoms with Gasteiger partial charge in [0.2, 0.25) is 18.6 Å². The maximum atomic E-state index is 15.1. The molecule has 4 rings (SSSR count). The van der Waals surface area contributed by atoms with E-state index in [1.54, 1.807) is 25.7 Å². The largest absolute Gasteiger partial charge is 0.444 e. The molecule has 11 nitrogen and oxygen atoms in total. The number of likely N-dealkylation sites (tertiary alicyclic amines) is 1. The number of hydrogen-bond acceptors (Lipinski definition) is 8. The van der Waals surface area contributed by atoms with Crippen molar-refractivity contribution in [1.29, 1.82) is 0 Å². The lowest BCUT2D eigenvalue weighted by atomic mass is 9.76. The van der Waals surface area contributed by atoms with Gasteiger partial charge in [0.05, 0.1) is 11.0 Å². The molecule has 12 heteroatoms. The number of halogens is 1. The topological polar surface area (TPSA) is 140 Å². The molecule has 0 radical (unpaired) electrons. The van der Waals surface area contributed by atoms with Crippen molar-refractivity contribution in [3.63, 3.8) is 0 Å². The van der Waals surface area contributed by atoms with Crippen molar-refractivity contribution >= 4 is 35.5 Å². The van der Waals surface area contributed by atoms with Crippen LogP contribution < -0.4 is 10.6 Å². The first kappa shape index (κ1) is 39.1. The molecule has 3 atom stereocenters. The van der Waals surface area contributed by atoms with E-state index in [1.165, 1.54) is 18.6 Å². The molecule has 0 bridgehead atoms. The molecule has 3 aliphatic rings. The highest BCUT2D eigenvalue weighted by molar-refractivity contribution is 5.99. The molecule has 0 spiro atoms. The lowest BCUT2D eigenvalue weighted by Crippen LogP contribution is -2.50. The third-order valence-corrected chi connectivity index (χ3v) is 10.3. The lowest BCUT2D eigenvalue weighted by molar-refractivity contribution is -0.161. The zero-order valence-electron chi connectivity index (χ0n) is 30.8. The fourth-order valence-electron chi connectivity index (χ4n) is 7.57. The van der Waals surface area contributed by atoms with Crippen LogP contribution in [0.15, 0.2) is 18.2 Å². The van der Waals surface area contributed by atoms with Crippen LogP contribution in [0.4, 0.5) is 14.9 Å². The number of esters is 2. The number of nitrogens with zero attached hydrogens (tertiary/aromatic N) is 1. The van der Waals surface area contributed by atoms with Crippen LogP contribution in [0.5, 0.6) is 0 Å². The average molecular weight is 702 g/mol. The second-order valence-electron chi connectivity index (χ2n) is 16.3. The number of benzene rings is 1. The highest BCUT2D eigenvalue weighted by Gasteiger charge is 2.47. The number of alkyl carbamates (subject to hydrolysis) is 1. The molecule has 1 unspecified atom stereocenters. The number of ether oxygens (including phenoxy) is 3. The van der Waals surface area contributed by atoms with Gasteiger partial charge in [0, 0.05) is 24.2 Å². The quantitative estimate of drug-likeness (QED) is 0.208. The van der Waals surface area contributed by atoms with Gasteiger partial charge in [-0.05, 0) is 117 Å². The molecule has 50 heavy (non-hydrogen) atoms. The first-order valence-electron chi connectivity index (χ1n) is 18.2. The summed E-state index contributed by atoms with van der Waals surface area (Å²) in [5.41, 5.74) is -1.57. The minimum Gasteiger partial charge on any atom is -0.444 e. The minimum absolute atomic E-state index is 0.00328. The molecule has 0 aromatic heterocycles. The van der Waals surface area contributed by atoms with E-state index in [9.17, 15) is 24.0 Å². The van der Waals surface area contributed by atoms with Gasteiger partial charge in [-0.15, -0.1) is 0 Å². The standard InChI is InChI=1S/C38H56FN3O8/c1-23(40-36(47)50-38(5,6)7)24-13-15-26(16-14-24)33(44)42-20-19-28(25-11-9-8-10-12-25)31(42)32(43)41-27-17-18-29(30(39)21-27)34(45)48-22-49-35(46)37(2,3)4/h17-18,21,23-26,28,31H,8-16,19-20,22H2,1-7H3,(H,40,47)(H,41,43)/t23?,24-,26-,28-,31-/m0/s1. The number of nitrogens with one attached hydrogen (secondary N) is 2. The van der Waals surface area contributed by atoms with Crippen LogP contribution in [-0.2, 0) is 28.6 Å². The third kappa shape index (κ3) is 10.4. The second-order valence-corrected chi connectivity index (χ2v) is 16.3. The molecule has 1 aliphatic heterocycles. The van der Waals surface area contributed by atoms with Crippen molar-refractivity contribution in [2.75, 3.05) is 18.7 Å². The maximum absolute atomic E-state index is 15.1. The van der Waals surface area contributed by atoms with Crippen molar-refractivity contribution in [3.05, 3.63) is 29.6 Å². The van der Waals surface area contributed by atoms with Crippen LogP contribution in [0, 0.1) is 34.9 Å². The van der Waals surface area contributed by atoms with Gasteiger partial charge in [-0.3, -0.25) is 14.4 Å². The van der Waals surface area contributed by atoms with E-state index in [1.807, 2.05) is 27.7 Å². The van der Waals surface area contributed by atoms with Gasteiger partial charge in [-0.1, -0.05) is 32.1 Å². The van der Waals surface area contributed by atoms with Gasteiger partial charge in [-0.25, -0.2) is 14.0 Å². The average Bonchev–Trinajstić information content (AvgIpc) is 3.49. The number of anilines is 1. The Balaban J connectivity index is 1.40. The Morgan fingerprint density at radius 1 is 0.900 bits per heavy atom. The summed E-state index contributed by atoms with van der Waals surface area (Å²) in [6, 6.07) is 2.91. The van der Waals surface area contributed by atoms with E-state index in [2.05, 4.69) is 10.6 Å². The Labute approximate surface area is 295 Å². The lowest BCUT2D eigenvalue weighted by Gasteiger charge is -2.37. The summed E-state index contributed by atoms with van der Waals surface area (Å²) in [6.07, 6.45) is 8.57. The zero-order valence-corrected chi connectivity index (χ0v) is 30.8. The summed E-state index contributed by atoms with van der Waals surface area (Å²) in [4.78, 5) is 66.5. The third-order valence-electron chi connectivity index (χ3n) is 10.3. The molecule has 1 saturated heterocycles. The van der Waals surface area contributed by atoms with Crippen molar-refractivity contribution in [3.8, 4) is 0 Å². The first-order chi connectivity index (χ1) is 23.4. The van der Waals surface area contributed by atoms with Gasteiger partial charge in [0.15, 0.2) is 0 Å². The molecule has 3 fully saturated rings. The van der Waals surface area contributed by atoms with Crippen molar-refractivity contribution in [2.24, 2.45) is 29.1 Å². The predicted molar refractivity (Wildman–Crippen MR) is 185 cm³/mol. The Hall–Kier alpha value is -3.70. The Morgan fingerprint density at radius 2 is 1.56 bits per heavy atom. The zero-order chi connectivity index (χ0) is 36.8. The van der Waals surface area contributed by atoms with Crippen LogP contribution in [0.1, 0.15) is 123 Å². The van der Waals surface area contributed by atoms with Crippen LogP contribution >= 0.6 is 0 Å². The van der Waals surface area contributed by atoms with Gasteiger partial charge in [0.1, 0.15) is 17.5 Å². The molecule has 3 amide bonds. The summed E-state index contributed by atoms with van der Waals surface area (Å²) >= 11 is 0. The van der Waals surface area contributed by atoms with E-state index in [0.29, 0.717) is 25.3 Å². The Morgan fingerprint density at radius 3 is 2.16 bits per heavy atom. The summed E-state index contributed by atoms with van der Waals surface area (Å²) in [6.45, 7) is 12.3. The number of hydrogen-bond donors (Lipinski definition) is 2. The van der Waals surface area contributed by atoms with Crippen molar-refractivity contribution in [2.45, 2.75) is 130 Å². The van der Waals surface area contributed by atoms with Gasteiger partial charge in [0.25, 0.3) is 0 Å². The van der Waals surface area contributed by atoms with Gasteiger partial charge >= 0.3 is 18.0 Å². The SMILES string of the molecule is CC(NC(=O)OC(C)(C)C)[C@H]1CC[C@H](C(=O)N2CC[C@@H](C3CCCCC3)[C@H]2C(=O)Nc2ccc(C(=O)OCOC(=O)C(C)(C)C)c(F)c2)CC1. The van der Waals surface area contributed by atoms with Crippen molar-refractivity contribution < 1.29 is 42.6 Å². The summed E-state index contributed by atoms with van der Waals surface area (Å²) in [5.74, 6) is -2.52. The molecule has 2 N–H and O–H groups in total. The van der Waals surface area contributed by atoms with Crippen LogP contribution in [0.3, 0.4) is 0 Å². The molecule has 278 valence electrons. The first-order valence-corrected chi connectivity index (χ1v) is 18.2. The maximum Gasteiger partial charge on any atom is 0.407 e. The van der Waals surface area contributed by atoms with Crippen LogP contribution in [-0.4, -0.2) is 65.8 Å². The molecule has 1 aromatic rings. The van der Waals surface area contributed by atoms with E-state index in [4.69, 9.17) is 14.2 Å². The normalized spacial score (nSPS) is 23.8. The Kier molecular flexibility index (Phi) is 12.9. The molecule has 2 saturated carbocycles. The number of carbonyl (C=O) groups is 5.